The summed E-state index contributed by atoms with van der Waals surface area (Å²) >= 11 is 0. The van der Waals surface area contributed by atoms with Crippen molar-refractivity contribution in [1.82, 2.24) is 4.90 Å². The first-order valence-electron chi connectivity index (χ1n) is 12.7. The Hall–Kier alpha value is -2.58. The van der Waals surface area contributed by atoms with Crippen LogP contribution in [-0.4, -0.2) is 29.6 Å². The Morgan fingerprint density at radius 2 is 1.68 bits per heavy atom. The molecule has 1 aliphatic heterocycles. The fraction of sp³-hybridized carbons (Fsp3) is 0.438. The largest absolute Gasteiger partial charge is 0.512 e. The van der Waals surface area contributed by atoms with Crippen molar-refractivity contribution in [2.75, 3.05) is 19.6 Å². The van der Waals surface area contributed by atoms with Gasteiger partial charge in [-0.3, -0.25) is 4.90 Å². The molecule has 2 nitrogen and oxygen atoms in total. The lowest BCUT2D eigenvalue weighted by molar-refractivity contribution is 0.238. The molecular weight excluding hydrogens is 414 g/mol. The average Bonchev–Trinajstić information content (AvgIpc) is 2.87. The maximum Gasteiger partial charge on any atom is 0.0943 e. The molecular formula is C32H51NO. The van der Waals surface area contributed by atoms with Gasteiger partial charge in [-0.1, -0.05) is 86.7 Å². The number of rotatable bonds is 9. The summed E-state index contributed by atoms with van der Waals surface area (Å²) < 4.78 is 0. The number of aliphatic hydroxyl groups excluding tert-OH is 1. The molecule has 0 saturated carbocycles. The molecule has 1 aromatic rings. The summed E-state index contributed by atoms with van der Waals surface area (Å²) in [5.74, 6) is 1.24. The van der Waals surface area contributed by atoms with E-state index in [-0.39, 0.29) is 0 Å². The molecule has 0 amide bonds. The standard InChI is InChI=1S/C20H29NO.C7H12.C3H6.C2H4/c1-3-4-10-19-16-21(15-13-20(19)22)14-8-9-17(2)18-11-6-5-7-12-18;1-3-5-7-6-4-2;1-3-2;1-2/h3-7,11-12,17,22H,8-10,13-16H2,1-2H3;3,5-7H,4H2,1-2H3;3H,1H2,2H3;1-2H2/b4-3-;5-3-,7-6-;;. The van der Waals surface area contributed by atoms with Gasteiger partial charge in [0.15, 0.2) is 0 Å². The van der Waals surface area contributed by atoms with Gasteiger partial charge in [-0.15, -0.1) is 19.7 Å². The third-order valence-electron chi connectivity index (χ3n) is 5.24. The van der Waals surface area contributed by atoms with Crippen LogP contribution in [0.4, 0.5) is 0 Å². The molecule has 0 saturated heterocycles. The second kappa shape index (κ2) is 25.1. The molecule has 1 heterocycles. The van der Waals surface area contributed by atoms with Crippen molar-refractivity contribution in [1.29, 1.82) is 0 Å². The Morgan fingerprint density at radius 1 is 1.03 bits per heavy atom. The molecule has 1 atom stereocenters. The number of allylic oxidation sites excluding steroid dienone is 7. The van der Waals surface area contributed by atoms with Gasteiger partial charge in [-0.2, -0.15) is 0 Å². The normalized spacial score (nSPS) is 14.6. The minimum absolute atomic E-state index is 0.618. The first kappa shape index (κ1) is 33.6. The third kappa shape index (κ3) is 17.9. The van der Waals surface area contributed by atoms with E-state index in [1.807, 2.05) is 32.9 Å². The Labute approximate surface area is 211 Å². The van der Waals surface area contributed by atoms with Gasteiger partial charge >= 0.3 is 0 Å². The van der Waals surface area contributed by atoms with E-state index in [2.05, 4.69) is 93.1 Å². The highest BCUT2D eigenvalue weighted by Crippen LogP contribution is 2.22. The Balaban J connectivity index is 0. The maximum atomic E-state index is 9.99. The van der Waals surface area contributed by atoms with Gasteiger partial charge in [0.1, 0.15) is 0 Å². The van der Waals surface area contributed by atoms with Gasteiger partial charge in [0.25, 0.3) is 0 Å². The van der Waals surface area contributed by atoms with Crippen LogP contribution in [0.25, 0.3) is 0 Å². The van der Waals surface area contributed by atoms with Crippen molar-refractivity contribution in [2.24, 2.45) is 0 Å². The van der Waals surface area contributed by atoms with E-state index in [1.54, 1.807) is 6.08 Å². The van der Waals surface area contributed by atoms with Crippen LogP contribution in [0, 0.1) is 0 Å². The summed E-state index contributed by atoms with van der Waals surface area (Å²) in [6, 6.07) is 10.8. The summed E-state index contributed by atoms with van der Waals surface area (Å²) in [5, 5.41) is 9.99. The van der Waals surface area contributed by atoms with Crippen molar-refractivity contribution < 1.29 is 5.11 Å². The number of hydrogen-bond donors (Lipinski definition) is 1. The molecule has 1 N–H and O–H groups in total. The van der Waals surface area contributed by atoms with Crippen LogP contribution in [0.3, 0.4) is 0 Å². The minimum atomic E-state index is 0.618. The van der Waals surface area contributed by atoms with Crippen LogP contribution in [0.15, 0.2) is 104 Å². The summed E-state index contributed by atoms with van der Waals surface area (Å²) in [7, 11) is 0. The second-order valence-electron chi connectivity index (χ2n) is 8.07. The second-order valence-corrected chi connectivity index (χ2v) is 8.07. The van der Waals surface area contributed by atoms with Gasteiger partial charge in [0.05, 0.1) is 5.76 Å². The zero-order chi connectivity index (χ0) is 26.0. The van der Waals surface area contributed by atoms with Crippen molar-refractivity contribution in [3.05, 3.63) is 109 Å². The lowest BCUT2D eigenvalue weighted by atomic mass is 9.96. The molecule has 2 rings (SSSR count). The quantitative estimate of drug-likeness (QED) is 0.290. The molecule has 190 valence electrons. The smallest absolute Gasteiger partial charge is 0.0943 e. The van der Waals surface area contributed by atoms with Gasteiger partial charge in [-0.05, 0) is 70.1 Å². The first-order valence-corrected chi connectivity index (χ1v) is 12.7. The zero-order valence-corrected chi connectivity index (χ0v) is 22.7. The van der Waals surface area contributed by atoms with Gasteiger partial charge in [0, 0.05) is 19.5 Å². The minimum Gasteiger partial charge on any atom is -0.512 e. The fourth-order valence-corrected chi connectivity index (χ4v) is 3.41. The number of aliphatic hydroxyl groups is 1. The third-order valence-corrected chi connectivity index (χ3v) is 5.24. The lowest BCUT2D eigenvalue weighted by Gasteiger charge is -2.29. The molecule has 2 heteroatoms. The van der Waals surface area contributed by atoms with E-state index in [0.717, 1.165) is 38.9 Å². The summed E-state index contributed by atoms with van der Waals surface area (Å²) in [6.07, 6.45) is 19.4. The van der Waals surface area contributed by atoms with E-state index in [4.69, 9.17) is 0 Å². The Bertz CT molecular complexity index is 712. The van der Waals surface area contributed by atoms with Crippen molar-refractivity contribution >= 4 is 0 Å². The zero-order valence-electron chi connectivity index (χ0n) is 22.7. The van der Waals surface area contributed by atoms with Crippen molar-refractivity contribution in [3.8, 4) is 0 Å². The highest BCUT2D eigenvalue weighted by molar-refractivity contribution is 5.19. The molecule has 1 aliphatic rings. The molecule has 0 bridgehead atoms. The lowest BCUT2D eigenvalue weighted by Crippen LogP contribution is -2.32. The summed E-state index contributed by atoms with van der Waals surface area (Å²) in [6.45, 7) is 22.8. The topological polar surface area (TPSA) is 23.5 Å². The number of nitrogens with zero attached hydrogens (tertiary/aromatic N) is 1. The molecule has 0 fully saturated rings. The van der Waals surface area contributed by atoms with Gasteiger partial charge in [0.2, 0.25) is 0 Å². The fourth-order valence-electron chi connectivity index (χ4n) is 3.41. The molecule has 0 spiro atoms. The molecule has 34 heavy (non-hydrogen) atoms. The van der Waals surface area contributed by atoms with Crippen molar-refractivity contribution in [3.63, 3.8) is 0 Å². The highest BCUT2D eigenvalue weighted by Gasteiger charge is 2.17. The van der Waals surface area contributed by atoms with Crippen LogP contribution in [0.1, 0.15) is 78.2 Å². The molecule has 0 radical (unpaired) electrons. The van der Waals surface area contributed by atoms with Crippen LogP contribution in [0.2, 0.25) is 0 Å². The SMILES string of the molecule is C/C=C\C=C/CC.C/C=C\CC1=C(O)CCN(CCCC(C)c2ccccc2)C1.C=C.C=CC. The highest BCUT2D eigenvalue weighted by atomic mass is 16.3. The molecule has 0 aromatic heterocycles. The maximum absolute atomic E-state index is 9.99. The van der Waals surface area contributed by atoms with Crippen LogP contribution in [0.5, 0.6) is 0 Å². The average molecular weight is 466 g/mol. The van der Waals surface area contributed by atoms with Crippen LogP contribution in [-0.2, 0) is 0 Å². The van der Waals surface area contributed by atoms with Crippen LogP contribution < -0.4 is 0 Å². The first-order chi connectivity index (χ1) is 16.5. The van der Waals surface area contributed by atoms with E-state index in [1.165, 1.54) is 24.0 Å². The predicted octanol–water partition coefficient (Wildman–Crippen LogP) is 9.58. The molecule has 1 unspecified atom stereocenters. The predicted molar refractivity (Wildman–Crippen MR) is 156 cm³/mol. The Kier molecular flexibility index (Phi) is 24.8. The van der Waals surface area contributed by atoms with Crippen molar-refractivity contribution in [2.45, 2.75) is 72.6 Å². The van der Waals surface area contributed by atoms with Gasteiger partial charge < -0.3 is 5.11 Å². The monoisotopic (exact) mass is 465 g/mol. The number of hydrogen-bond acceptors (Lipinski definition) is 2. The molecule has 0 aliphatic carbocycles. The van der Waals surface area contributed by atoms with E-state index >= 15 is 0 Å². The van der Waals surface area contributed by atoms with E-state index < -0.39 is 0 Å². The van der Waals surface area contributed by atoms with E-state index in [0.29, 0.717) is 11.7 Å². The van der Waals surface area contributed by atoms with E-state index in [9.17, 15) is 5.11 Å². The molecule has 1 aromatic carbocycles. The van der Waals surface area contributed by atoms with Gasteiger partial charge in [-0.25, -0.2) is 0 Å². The van der Waals surface area contributed by atoms with Crippen LogP contribution >= 0.6 is 0 Å². The summed E-state index contributed by atoms with van der Waals surface area (Å²) in [5.41, 5.74) is 2.63. The summed E-state index contributed by atoms with van der Waals surface area (Å²) in [4.78, 5) is 2.48. The number of benzene rings is 1. The Morgan fingerprint density at radius 3 is 2.24 bits per heavy atom.